The summed E-state index contributed by atoms with van der Waals surface area (Å²) in [5.41, 5.74) is 0. The second-order valence-electron chi connectivity index (χ2n) is 4.43. The predicted octanol–water partition coefficient (Wildman–Crippen LogP) is 1.52. The van der Waals surface area contributed by atoms with Gasteiger partial charge in [0.25, 0.3) is 0 Å². The van der Waals surface area contributed by atoms with E-state index in [1.165, 1.54) is 6.34 Å². The maximum atomic E-state index is 10.8. The zero-order chi connectivity index (χ0) is 11.6. The van der Waals surface area contributed by atoms with Gasteiger partial charge in [0.1, 0.15) is 0 Å². The molecule has 0 aromatic rings. The lowest BCUT2D eigenvalue weighted by Crippen LogP contribution is -2.45. The summed E-state index contributed by atoms with van der Waals surface area (Å²) in [7, 11) is 0. The van der Waals surface area contributed by atoms with Crippen molar-refractivity contribution in [3.05, 3.63) is 10.1 Å². The number of rotatable bonds is 4. The molecule has 0 saturated carbocycles. The van der Waals surface area contributed by atoms with Gasteiger partial charge in [-0.3, -0.25) is 5.01 Å². The van der Waals surface area contributed by atoms with Gasteiger partial charge in [0, 0.05) is 6.04 Å². The number of hydrogen-bond acceptors (Lipinski definition) is 4. The van der Waals surface area contributed by atoms with Gasteiger partial charge in [-0.15, -0.1) is 0 Å². The summed E-state index contributed by atoms with van der Waals surface area (Å²) in [5.74, 6) is 0.403. The van der Waals surface area contributed by atoms with Crippen molar-refractivity contribution in [3.63, 3.8) is 0 Å². The Morgan fingerprint density at radius 3 is 2.47 bits per heavy atom. The third-order valence-corrected chi connectivity index (χ3v) is 2.31. The van der Waals surface area contributed by atoms with Crippen LogP contribution in [0.4, 0.5) is 0 Å². The fourth-order valence-corrected chi connectivity index (χ4v) is 1.65. The maximum Gasteiger partial charge on any atom is 0.183 e. The Morgan fingerprint density at radius 2 is 2.07 bits per heavy atom. The second-order valence-corrected chi connectivity index (χ2v) is 4.43. The molecule has 6 nitrogen and oxygen atoms in total. The van der Waals surface area contributed by atoms with Gasteiger partial charge >= 0.3 is 0 Å². The van der Waals surface area contributed by atoms with Gasteiger partial charge in [-0.2, -0.15) is 5.10 Å². The van der Waals surface area contributed by atoms with Crippen molar-refractivity contribution >= 4 is 6.34 Å². The molecule has 0 fully saturated rings. The molecule has 0 aliphatic carbocycles. The van der Waals surface area contributed by atoms with Crippen LogP contribution in [0, 0.1) is 16.0 Å². The minimum Gasteiger partial charge on any atom is -0.264 e. The fraction of sp³-hybridized carbons (Fsp3) is 0.889. The molecule has 1 heterocycles. The van der Waals surface area contributed by atoms with Crippen molar-refractivity contribution in [1.29, 1.82) is 0 Å². The van der Waals surface area contributed by atoms with Crippen molar-refractivity contribution in [2.45, 2.75) is 46.3 Å². The van der Waals surface area contributed by atoms with Crippen LogP contribution in [-0.2, 0) is 0 Å². The lowest BCUT2D eigenvalue weighted by molar-refractivity contribution is -0.639. The Bertz CT molecular complexity index is 265. The molecule has 0 spiro atoms. The smallest absolute Gasteiger partial charge is 0.183 e. The second kappa shape index (κ2) is 4.46. The van der Waals surface area contributed by atoms with Crippen molar-refractivity contribution in [2.24, 2.45) is 11.0 Å². The minimum atomic E-state index is -0.404. The first-order valence-electron chi connectivity index (χ1n) is 5.18. The summed E-state index contributed by atoms with van der Waals surface area (Å²) in [5, 5.41) is 17.3. The van der Waals surface area contributed by atoms with Crippen LogP contribution < -0.4 is 0 Å². The molecule has 1 aliphatic heterocycles. The highest BCUT2D eigenvalue weighted by Crippen LogP contribution is 2.21. The number of hydrazone groups is 1. The lowest BCUT2D eigenvalue weighted by atomic mass is 10.1. The van der Waals surface area contributed by atoms with Crippen LogP contribution in [0.3, 0.4) is 0 Å². The summed E-state index contributed by atoms with van der Waals surface area (Å²) in [6.45, 7) is 8.06. The number of nitrogens with zero attached hydrogens (tertiary/aromatic N) is 4. The zero-order valence-electron chi connectivity index (χ0n) is 9.62. The molecule has 0 aromatic carbocycles. The third-order valence-electron chi connectivity index (χ3n) is 2.31. The standard InChI is InChI=1S/C9H18N4O2/c1-7(2)5-9-11(13(14)15)6-10-12(9)8(3)4/h6-9H,5H2,1-4H3. The van der Waals surface area contributed by atoms with Crippen LogP contribution in [0.1, 0.15) is 34.1 Å². The summed E-state index contributed by atoms with van der Waals surface area (Å²) in [6.07, 6.45) is 1.78. The van der Waals surface area contributed by atoms with E-state index in [2.05, 4.69) is 18.9 Å². The molecular weight excluding hydrogens is 196 g/mol. The Hall–Kier alpha value is -1.33. The Labute approximate surface area is 89.7 Å². The SMILES string of the molecule is CC(C)CC1N(C(C)C)N=CN1[N+](=O)[O-]. The molecule has 0 amide bonds. The Morgan fingerprint density at radius 1 is 1.47 bits per heavy atom. The molecule has 1 unspecified atom stereocenters. The molecular formula is C9H18N4O2. The molecule has 0 bridgehead atoms. The molecule has 0 N–H and O–H groups in total. The van der Waals surface area contributed by atoms with Crippen LogP contribution in [0.5, 0.6) is 0 Å². The molecule has 0 aromatic heterocycles. The van der Waals surface area contributed by atoms with E-state index in [-0.39, 0.29) is 12.2 Å². The van der Waals surface area contributed by atoms with Crippen LogP contribution in [-0.4, -0.2) is 33.6 Å². The van der Waals surface area contributed by atoms with Crippen LogP contribution in [0.2, 0.25) is 0 Å². The largest absolute Gasteiger partial charge is 0.264 e. The average Bonchev–Trinajstić information content (AvgIpc) is 2.46. The quantitative estimate of drug-likeness (QED) is 0.526. The van der Waals surface area contributed by atoms with Gasteiger partial charge in [-0.05, 0) is 26.2 Å². The molecule has 0 radical (unpaired) electrons. The van der Waals surface area contributed by atoms with E-state index in [0.717, 1.165) is 11.4 Å². The van der Waals surface area contributed by atoms with Crippen LogP contribution >= 0.6 is 0 Å². The molecule has 15 heavy (non-hydrogen) atoms. The maximum absolute atomic E-state index is 10.8. The fourth-order valence-electron chi connectivity index (χ4n) is 1.65. The first-order chi connectivity index (χ1) is 6.93. The van der Waals surface area contributed by atoms with Gasteiger partial charge < -0.3 is 0 Å². The van der Waals surface area contributed by atoms with Gasteiger partial charge in [0.15, 0.2) is 17.5 Å². The summed E-state index contributed by atoms with van der Waals surface area (Å²) >= 11 is 0. The van der Waals surface area contributed by atoms with E-state index in [4.69, 9.17) is 0 Å². The van der Waals surface area contributed by atoms with Crippen molar-refractivity contribution in [3.8, 4) is 0 Å². The highest BCUT2D eigenvalue weighted by molar-refractivity contribution is 5.55. The van der Waals surface area contributed by atoms with Crippen LogP contribution in [0.15, 0.2) is 5.10 Å². The molecule has 0 saturated heterocycles. The normalized spacial score (nSPS) is 20.8. The van der Waals surface area contributed by atoms with Gasteiger partial charge in [0.2, 0.25) is 0 Å². The van der Waals surface area contributed by atoms with Gasteiger partial charge in [-0.25, -0.2) is 10.1 Å². The Balaban J connectivity index is 2.77. The monoisotopic (exact) mass is 214 g/mol. The number of nitro groups is 1. The van der Waals surface area contributed by atoms with Gasteiger partial charge in [-0.1, -0.05) is 18.9 Å². The topological polar surface area (TPSA) is 62.0 Å². The van der Waals surface area contributed by atoms with E-state index in [9.17, 15) is 10.1 Å². The number of hydrazine groups is 1. The molecule has 1 atom stereocenters. The highest BCUT2D eigenvalue weighted by Gasteiger charge is 2.37. The lowest BCUT2D eigenvalue weighted by Gasteiger charge is -2.28. The van der Waals surface area contributed by atoms with E-state index in [1.54, 1.807) is 5.01 Å². The van der Waals surface area contributed by atoms with Crippen molar-refractivity contribution < 1.29 is 5.03 Å². The third kappa shape index (κ3) is 2.57. The molecule has 1 rings (SSSR count). The first kappa shape index (κ1) is 11.7. The Kier molecular flexibility index (Phi) is 3.49. The molecule has 6 heteroatoms. The van der Waals surface area contributed by atoms with Gasteiger partial charge in [0.05, 0.1) is 0 Å². The van der Waals surface area contributed by atoms with Crippen molar-refractivity contribution in [1.82, 2.24) is 10.0 Å². The van der Waals surface area contributed by atoms with Crippen LogP contribution in [0.25, 0.3) is 0 Å². The van der Waals surface area contributed by atoms with Crippen molar-refractivity contribution in [2.75, 3.05) is 0 Å². The highest BCUT2D eigenvalue weighted by atomic mass is 16.7. The summed E-state index contributed by atoms with van der Waals surface area (Å²) in [6, 6.07) is 0.176. The predicted molar refractivity (Wildman–Crippen MR) is 57.5 cm³/mol. The van der Waals surface area contributed by atoms with E-state index in [1.807, 2.05) is 13.8 Å². The molecule has 86 valence electrons. The molecule has 1 aliphatic rings. The van der Waals surface area contributed by atoms with E-state index in [0.29, 0.717) is 5.92 Å². The van der Waals surface area contributed by atoms with E-state index < -0.39 is 5.03 Å². The summed E-state index contributed by atoms with van der Waals surface area (Å²) in [4.78, 5) is 10.8. The van der Waals surface area contributed by atoms with E-state index >= 15 is 0 Å². The first-order valence-corrected chi connectivity index (χ1v) is 5.18. The average molecular weight is 214 g/mol. The minimum absolute atomic E-state index is 0.176. The number of hydrogen-bond donors (Lipinski definition) is 0. The summed E-state index contributed by atoms with van der Waals surface area (Å²) < 4.78 is 0. The zero-order valence-corrected chi connectivity index (χ0v) is 9.62.